The van der Waals surface area contributed by atoms with Crippen molar-refractivity contribution in [2.45, 2.75) is 13.8 Å². The maximum Gasteiger partial charge on any atom is 0.311 e. The average Bonchev–Trinajstić information content (AvgIpc) is 2.57. The van der Waals surface area contributed by atoms with E-state index in [9.17, 15) is 24.1 Å². The lowest BCUT2D eigenvalue weighted by molar-refractivity contribution is -0.385. The fourth-order valence-corrected chi connectivity index (χ4v) is 2.18. The number of amides is 2. The Hall–Kier alpha value is -3.49. The number of anilines is 2. The van der Waals surface area contributed by atoms with Crippen molar-refractivity contribution < 1.29 is 23.6 Å². The van der Waals surface area contributed by atoms with Crippen molar-refractivity contribution in [2.75, 3.05) is 17.2 Å². The van der Waals surface area contributed by atoms with Gasteiger partial charge in [-0.1, -0.05) is 0 Å². The van der Waals surface area contributed by atoms with Gasteiger partial charge >= 0.3 is 5.69 Å². The van der Waals surface area contributed by atoms with Gasteiger partial charge in [-0.15, -0.1) is 0 Å². The Balaban J connectivity index is 2.28. The smallest absolute Gasteiger partial charge is 0.311 e. The van der Waals surface area contributed by atoms with E-state index in [0.717, 1.165) is 12.1 Å². The second-order valence-corrected chi connectivity index (χ2v) is 5.20. The molecule has 0 atom stereocenters. The normalized spacial score (nSPS) is 10.1. The van der Waals surface area contributed by atoms with Gasteiger partial charge in [-0.2, -0.15) is 0 Å². The van der Waals surface area contributed by atoms with Gasteiger partial charge in [-0.3, -0.25) is 19.7 Å². The van der Waals surface area contributed by atoms with Crippen LogP contribution in [0.4, 0.5) is 21.5 Å². The van der Waals surface area contributed by atoms with Crippen LogP contribution < -0.4 is 15.4 Å². The van der Waals surface area contributed by atoms with Gasteiger partial charge in [0.1, 0.15) is 5.82 Å². The summed E-state index contributed by atoms with van der Waals surface area (Å²) in [6.45, 7) is 3.20. The van der Waals surface area contributed by atoms with Crippen molar-refractivity contribution in [3.05, 3.63) is 57.9 Å². The number of nitrogens with one attached hydrogen (secondary N) is 2. The van der Waals surface area contributed by atoms with Gasteiger partial charge in [0.15, 0.2) is 5.75 Å². The molecule has 0 heterocycles. The molecular weight excluding hydrogens is 345 g/mol. The van der Waals surface area contributed by atoms with Crippen LogP contribution in [0.25, 0.3) is 0 Å². The molecule has 0 aliphatic rings. The quantitative estimate of drug-likeness (QED) is 0.605. The zero-order chi connectivity index (χ0) is 19.3. The van der Waals surface area contributed by atoms with E-state index in [1.165, 1.54) is 31.2 Å². The van der Waals surface area contributed by atoms with Crippen molar-refractivity contribution >= 4 is 28.9 Å². The molecule has 0 aromatic heterocycles. The Kier molecular flexibility index (Phi) is 5.84. The first kappa shape index (κ1) is 18.8. The van der Waals surface area contributed by atoms with Crippen LogP contribution in [0.5, 0.6) is 5.75 Å². The van der Waals surface area contributed by atoms with Crippen LogP contribution in [0.15, 0.2) is 36.4 Å². The van der Waals surface area contributed by atoms with Gasteiger partial charge in [-0.05, 0) is 37.3 Å². The molecule has 0 bridgehead atoms. The number of rotatable bonds is 6. The van der Waals surface area contributed by atoms with Crippen LogP contribution >= 0.6 is 0 Å². The molecule has 136 valence electrons. The molecule has 2 aromatic carbocycles. The largest absolute Gasteiger partial charge is 0.487 e. The lowest BCUT2D eigenvalue weighted by atomic mass is 10.1. The Morgan fingerprint density at radius 2 is 1.92 bits per heavy atom. The third-order valence-corrected chi connectivity index (χ3v) is 3.25. The maximum absolute atomic E-state index is 13.9. The second-order valence-electron chi connectivity index (χ2n) is 5.20. The standard InChI is InChI=1S/C17H16FN3O5/c1-3-26-16-7-4-11(8-15(16)21(24)25)17(23)20-14-9-12(19-10(2)22)5-6-13(14)18/h4-9H,3H2,1-2H3,(H,19,22)(H,20,23). The molecule has 0 spiro atoms. The van der Waals surface area contributed by atoms with E-state index in [1.54, 1.807) is 6.92 Å². The SMILES string of the molecule is CCOc1ccc(C(=O)Nc2cc(NC(C)=O)ccc2F)cc1[N+](=O)[O-]. The van der Waals surface area contributed by atoms with Crippen LogP contribution in [-0.2, 0) is 4.79 Å². The summed E-state index contributed by atoms with van der Waals surface area (Å²) in [6, 6.07) is 7.37. The van der Waals surface area contributed by atoms with E-state index in [-0.39, 0.29) is 35.2 Å². The second kappa shape index (κ2) is 8.06. The number of nitrogens with zero attached hydrogens (tertiary/aromatic N) is 1. The number of hydrogen-bond acceptors (Lipinski definition) is 5. The first-order chi connectivity index (χ1) is 12.3. The molecule has 0 saturated carbocycles. The maximum atomic E-state index is 13.9. The minimum atomic E-state index is -0.741. The number of hydrogen-bond donors (Lipinski definition) is 2. The number of carbonyl (C=O) groups excluding carboxylic acids is 2. The predicted octanol–water partition coefficient (Wildman–Crippen LogP) is 3.34. The molecule has 26 heavy (non-hydrogen) atoms. The summed E-state index contributed by atoms with van der Waals surface area (Å²) < 4.78 is 19.0. The molecule has 0 unspecified atom stereocenters. The Morgan fingerprint density at radius 3 is 2.54 bits per heavy atom. The van der Waals surface area contributed by atoms with E-state index in [4.69, 9.17) is 4.74 Å². The summed E-state index contributed by atoms with van der Waals surface area (Å²) in [7, 11) is 0. The number of nitro benzene ring substituents is 1. The predicted molar refractivity (Wildman–Crippen MR) is 92.9 cm³/mol. The topological polar surface area (TPSA) is 111 Å². The number of ether oxygens (including phenoxy) is 1. The molecule has 2 amide bonds. The van der Waals surface area contributed by atoms with Crippen molar-refractivity contribution in [1.82, 2.24) is 0 Å². The molecule has 2 aromatic rings. The average molecular weight is 361 g/mol. The monoisotopic (exact) mass is 361 g/mol. The summed E-state index contributed by atoms with van der Waals surface area (Å²) in [6.07, 6.45) is 0. The molecule has 8 nitrogen and oxygen atoms in total. The van der Waals surface area contributed by atoms with Gasteiger partial charge in [0.2, 0.25) is 5.91 Å². The van der Waals surface area contributed by atoms with Crippen molar-refractivity contribution in [1.29, 1.82) is 0 Å². The molecular formula is C17H16FN3O5. The molecule has 0 radical (unpaired) electrons. The molecule has 2 N–H and O–H groups in total. The Labute approximate surface area is 148 Å². The fourth-order valence-electron chi connectivity index (χ4n) is 2.18. The highest BCUT2D eigenvalue weighted by Gasteiger charge is 2.19. The molecule has 0 aliphatic carbocycles. The van der Waals surface area contributed by atoms with Crippen LogP contribution in [0.1, 0.15) is 24.2 Å². The van der Waals surface area contributed by atoms with Gasteiger partial charge in [0, 0.05) is 24.2 Å². The van der Waals surface area contributed by atoms with Crippen LogP contribution in [0.3, 0.4) is 0 Å². The number of benzene rings is 2. The van der Waals surface area contributed by atoms with Crippen molar-refractivity contribution in [3.63, 3.8) is 0 Å². The zero-order valence-electron chi connectivity index (χ0n) is 14.0. The molecule has 0 fully saturated rings. The third kappa shape index (κ3) is 4.53. The summed E-state index contributed by atoms with van der Waals surface area (Å²) >= 11 is 0. The van der Waals surface area contributed by atoms with E-state index >= 15 is 0 Å². The van der Waals surface area contributed by atoms with Gasteiger partial charge < -0.3 is 15.4 Å². The lowest BCUT2D eigenvalue weighted by Crippen LogP contribution is -2.14. The lowest BCUT2D eigenvalue weighted by Gasteiger charge is -2.10. The van der Waals surface area contributed by atoms with Crippen LogP contribution in [0.2, 0.25) is 0 Å². The van der Waals surface area contributed by atoms with Gasteiger partial charge in [0.25, 0.3) is 5.91 Å². The highest BCUT2D eigenvalue weighted by molar-refractivity contribution is 6.05. The van der Waals surface area contributed by atoms with Gasteiger partial charge in [-0.25, -0.2) is 4.39 Å². The van der Waals surface area contributed by atoms with Crippen molar-refractivity contribution in [2.24, 2.45) is 0 Å². The number of nitro groups is 1. The first-order valence-corrected chi connectivity index (χ1v) is 7.61. The molecule has 2 rings (SSSR count). The van der Waals surface area contributed by atoms with E-state index in [2.05, 4.69) is 10.6 Å². The summed E-state index contributed by atoms with van der Waals surface area (Å²) in [5.74, 6) is -1.77. The van der Waals surface area contributed by atoms with E-state index < -0.39 is 16.6 Å². The van der Waals surface area contributed by atoms with E-state index in [1.807, 2.05) is 0 Å². The van der Waals surface area contributed by atoms with Gasteiger partial charge in [0.05, 0.1) is 17.2 Å². The first-order valence-electron chi connectivity index (χ1n) is 7.61. The summed E-state index contributed by atoms with van der Waals surface area (Å²) in [4.78, 5) is 33.8. The minimum absolute atomic E-state index is 0.0351. The minimum Gasteiger partial charge on any atom is -0.487 e. The molecule has 0 aliphatic heterocycles. The molecule has 0 saturated heterocycles. The molecule has 9 heteroatoms. The highest BCUT2D eigenvalue weighted by atomic mass is 19.1. The number of carbonyl (C=O) groups is 2. The summed E-state index contributed by atoms with van der Waals surface area (Å²) in [5.41, 5.74) is -0.277. The van der Waals surface area contributed by atoms with Crippen molar-refractivity contribution in [3.8, 4) is 5.75 Å². The fraction of sp³-hybridized carbons (Fsp3) is 0.176. The summed E-state index contributed by atoms with van der Waals surface area (Å²) in [5, 5.41) is 15.9. The third-order valence-electron chi connectivity index (χ3n) is 3.25. The Bertz CT molecular complexity index is 869. The zero-order valence-corrected chi connectivity index (χ0v) is 14.0. The van der Waals surface area contributed by atoms with E-state index in [0.29, 0.717) is 5.69 Å². The highest BCUT2D eigenvalue weighted by Crippen LogP contribution is 2.28. The van der Waals surface area contributed by atoms with Crippen LogP contribution in [0, 0.1) is 15.9 Å². The number of halogens is 1. The Morgan fingerprint density at radius 1 is 1.19 bits per heavy atom. The van der Waals surface area contributed by atoms with Crippen LogP contribution in [-0.4, -0.2) is 23.3 Å².